The van der Waals surface area contributed by atoms with Gasteiger partial charge in [0.1, 0.15) is 0 Å². The van der Waals surface area contributed by atoms with Crippen LogP contribution in [-0.2, 0) is 0 Å². The minimum absolute atomic E-state index is 0.148. The summed E-state index contributed by atoms with van der Waals surface area (Å²) in [6.07, 6.45) is 4.97. The first-order valence-electron chi connectivity index (χ1n) is 6.89. The van der Waals surface area contributed by atoms with E-state index >= 15 is 0 Å². The Balaban J connectivity index is 1.87. The van der Waals surface area contributed by atoms with Gasteiger partial charge in [-0.2, -0.15) is 0 Å². The third kappa shape index (κ3) is 2.57. The van der Waals surface area contributed by atoms with Crippen LogP contribution in [0.2, 0.25) is 0 Å². The predicted octanol–water partition coefficient (Wildman–Crippen LogP) is 2.70. The van der Waals surface area contributed by atoms with E-state index in [2.05, 4.69) is 10.2 Å². The zero-order chi connectivity index (χ0) is 13.9. The third-order valence-corrected chi connectivity index (χ3v) is 3.67. The van der Waals surface area contributed by atoms with E-state index in [-0.39, 0.29) is 5.56 Å². The molecule has 20 heavy (non-hydrogen) atoms. The zero-order valence-corrected chi connectivity index (χ0v) is 11.4. The number of ether oxygens (including phenoxy) is 2. The summed E-state index contributed by atoms with van der Waals surface area (Å²) >= 11 is 0. The molecule has 106 valence electrons. The van der Waals surface area contributed by atoms with Gasteiger partial charge in [-0.25, -0.2) is 0 Å². The second-order valence-electron chi connectivity index (χ2n) is 5.06. The molecule has 0 radical (unpaired) electrons. The Morgan fingerprint density at radius 3 is 2.55 bits per heavy atom. The first kappa shape index (κ1) is 12.8. The number of nitrogens with one attached hydrogen (secondary N) is 2. The third-order valence-electron chi connectivity index (χ3n) is 3.67. The molecule has 0 unspecified atom stereocenters. The normalized spacial score (nSPS) is 15.4. The average Bonchev–Trinajstić information content (AvgIpc) is 3.11. The van der Waals surface area contributed by atoms with Crippen molar-refractivity contribution in [3.8, 4) is 22.8 Å². The molecule has 1 heterocycles. The summed E-state index contributed by atoms with van der Waals surface area (Å²) in [5.41, 5.74) is 1.48. The van der Waals surface area contributed by atoms with Crippen LogP contribution >= 0.6 is 0 Å². The summed E-state index contributed by atoms with van der Waals surface area (Å²) in [6.45, 7) is 0. The Bertz CT molecular complexity index is 639. The van der Waals surface area contributed by atoms with Crippen LogP contribution in [0.4, 0.5) is 0 Å². The van der Waals surface area contributed by atoms with Crippen LogP contribution < -0.4 is 15.0 Å². The molecule has 1 aromatic carbocycles. The van der Waals surface area contributed by atoms with E-state index < -0.39 is 0 Å². The lowest BCUT2D eigenvalue weighted by molar-refractivity contribution is 0.201. The number of benzene rings is 1. The number of hydrogen-bond donors (Lipinski definition) is 2. The summed E-state index contributed by atoms with van der Waals surface area (Å²) in [4.78, 5) is 11.2. The molecule has 0 aliphatic heterocycles. The van der Waals surface area contributed by atoms with Crippen molar-refractivity contribution in [3.05, 3.63) is 34.6 Å². The molecule has 0 saturated heterocycles. The van der Waals surface area contributed by atoms with Crippen molar-refractivity contribution >= 4 is 0 Å². The molecule has 1 aliphatic rings. The maximum atomic E-state index is 11.2. The maximum absolute atomic E-state index is 11.2. The summed E-state index contributed by atoms with van der Waals surface area (Å²) in [7, 11) is 1.63. The van der Waals surface area contributed by atoms with Crippen LogP contribution in [-0.4, -0.2) is 23.4 Å². The fourth-order valence-corrected chi connectivity index (χ4v) is 2.61. The SMILES string of the molecule is COc1cc(-c2cc(=O)[nH][nH]2)ccc1OC1CCCC1. The van der Waals surface area contributed by atoms with Crippen molar-refractivity contribution in [2.24, 2.45) is 0 Å². The Labute approximate surface area is 116 Å². The predicted molar refractivity (Wildman–Crippen MR) is 76.3 cm³/mol. The topological polar surface area (TPSA) is 67.1 Å². The van der Waals surface area contributed by atoms with Gasteiger partial charge in [0, 0.05) is 11.6 Å². The molecule has 1 aromatic heterocycles. The highest BCUT2D eigenvalue weighted by Gasteiger charge is 2.18. The molecule has 2 aromatic rings. The first-order valence-corrected chi connectivity index (χ1v) is 6.89. The average molecular weight is 274 g/mol. The number of rotatable bonds is 4. The molecule has 0 amide bonds. The fraction of sp³-hybridized carbons (Fsp3) is 0.400. The Morgan fingerprint density at radius 1 is 1.10 bits per heavy atom. The van der Waals surface area contributed by atoms with Gasteiger partial charge >= 0.3 is 0 Å². The smallest absolute Gasteiger partial charge is 0.264 e. The summed E-state index contributed by atoms with van der Waals surface area (Å²) in [5.74, 6) is 1.46. The number of methoxy groups -OCH3 is 1. The lowest BCUT2D eigenvalue weighted by Gasteiger charge is -2.16. The molecular formula is C15H18N2O3. The van der Waals surface area contributed by atoms with Gasteiger partial charge in [-0.3, -0.25) is 15.0 Å². The van der Waals surface area contributed by atoms with Crippen molar-refractivity contribution < 1.29 is 9.47 Å². The van der Waals surface area contributed by atoms with Crippen molar-refractivity contribution in [2.45, 2.75) is 31.8 Å². The van der Waals surface area contributed by atoms with Crippen molar-refractivity contribution in [1.82, 2.24) is 10.2 Å². The number of H-pyrrole nitrogens is 2. The number of aromatic nitrogens is 2. The monoisotopic (exact) mass is 274 g/mol. The van der Waals surface area contributed by atoms with E-state index in [1.54, 1.807) is 7.11 Å². The molecule has 0 bridgehead atoms. The quantitative estimate of drug-likeness (QED) is 0.900. The molecule has 5 nitrogen and oxygen atoms in total. The van der Waals surface area contributed by atoms with E-state index in [0.29, 0.717) is 11.9 Å². The largest absolute Gasteiger partial charge is 0.493 e. The molecule has 1 saturated carbocycles. The van der Waals surface area contributed by atoms with Gasteiger partial charge in [-0.05, 0) is 43.9 Å². The number of aromatic amines is 2. The highest BCUT2D eigenvalue weighted by Crippen LogP contribution is 2.34. The highest BCUT2D eigenvalue weighted by atomic mass is 16.5. The standard InChI is InChI=1S/C15H18N2O3/c1-19-14-8-10(12-9-15(18)17-16-12)6-7-13(14)20-11-4-2-3-5-11/h6-9,11H,2-5H2,1H3,(H2,16,17,18). The molecule has 3 rings (SSSR count). The molecule has 1 fully saturated rings. The van der Waals surface area contributed by atoms with E-state index in [4.69, 9.17) is 9.47 Å². The molecule has 0 atom stereocenters. The van der Waals surface area contributed by atoms with E-state index in [0.717, 1.165) is 29.8 Å². The summed E-state index contributed by atoms with van der Waals surface area (Å²) in [6, 6.07) is 7.22. The second-order valence-corrected chi connectivity index (χ2v) is 5.06. The van der Waals surface area contributed by atoms with Gasteiger partial charge in [0.05, 0.1) is 18.9 Å². The van der Waals surface area contributed by atoms with Crippen LogP contribution in [0.3, 0.4) is 0 Å². The summed E-state index contributed by atoms with van der Waals surface area (Å²) < 4.78 is 11.4. The lowest BCUT2D eigenvalue weighted by Crippen LogP contribution is -2.11. The minimum atomic E-state index is -0.148. The van der Waals surface area contributed by atoms with Gasteiger partial charge < -0.3 is 9.47 Å². The Hall–Kier alpha value is -2.17. The highest BCUT2D eigenvalue weighted by molar-refractivity contribution is 5.63. The van der Waals surface area contributed by atoms with Gasteiger partial charge in [-0.1, -0.05) is 0 Å². The summed E-state index contributed by atoms with van der Waals surface area (Å²) in [5, 5.41) is 5.36. The first-order chi connectivity index (χ1) is 9.76. The number of hydrogen-bond acceptors (Lipinski definition) is 3. The molecule has 0 spiro atoms. The van der Waals surface area contributed by atoms with E-state index in [1.807, 2.05) is 18.2 Å². The molecular weight excluding hydrogens is 256 g/mol. The van der Waals surface area contributed by atoms with Crippen LogP contribution in [0, 0.1) is 0 Å². The van der Waals surface area contributed by atoms with Crippen LogP contribution in [0.1, 0.15) is 25.7 Å². The van der Waals surface area contributed by atoms with Crippen molar-refractivity contribution in [2.75, 3.05) is 7.11 Å². The van der Waals surface area contributed by atoms with Gasteiger partial charge in [0.15, 0.2) is 11.5 Å². The fourth-order valence-electron chi connectivity index (χ4n) is 2.61. The molecule has 2 N–H and O–H groups in total. The van der Waals surface area contributed by atoms with Crippen LogP contribution in [0.5, 0.6) is 11.5 Å². The van der Waals surface area contributed by atoms with E-state index in [9.17, 15) is 4.79 Å². The Morgan fingerprint density at radius 2 is 1.90 bits per heavy atom. The lowest BCUT2D eigenvalue weighted by atomic mass is 10.1. The molecule has 1 aliphatic carbocycles. The zero-order valence-electron chi connectivity index (χ0n) is 11.4. The second kappa shape index (κ2) is 5.45. The minimum Gasteiger partial charge on any atom is -0.493 e. The van der Waals surface area contributed by atoms with Gasteiger partial charge in [0.25, 0.3) is 5.56 Å². The van der Waals surface area contributed by atoms with Crippen LogP contribution in [0.15, 0.2) is 29.1 Å². The van der Waals surface area contributed by atoms with Crippen LogP contribution in [0.25, 0.3) is 11.3 Å². The van der Waals surface area contributed by atoms with Crippen molar-refractivity contribution in [3.63, 3.8) is 0 Å². The Kier molecular flexibility index (Phi) is 3.50. The van der Waals surface area contributed by atoms with E-state index in [1.165, 1.54) is 18.9 Å². The molecule has 5 heteroatoms. The van der Waals surface area contributed by atoms with Crippen molar-refractivity contribution in [1.29, 1.82) is 0 Å². The maximum Gasteiger partial charge on any atom is 0.264 e. The van der Waals surface area contributed by atoms with Gasteiger partial charge in [-0.15, -0.1) is 0 Å². The van der Waals surface area contributed by atoms with Gasteiger partial charge in [0.2, 0.25) is 0 Å².